The highest BCUT2D eigenvalue weighted by Gasteiger charge is 2.38. The predicted octanol–water partition coefficient (Wildman–Crippen LogP) is -1.29. The molecule has 7 N–H and O–H groups in total. The number of carboxylic acids is 1. The van der Waals surface area contributed by atoms with Crippen LogP contribution in [0.2, 0.25) is 0 Å². The van der Waals surface area contributed by atoms with Crippen LogP contribution in [0.3, 0.4) is 0 Å². The lowest BCUT2D eigenvalue weighted by atomic mass is 10.0. The number of amides is 3. The second-order valence-corrected chi connectivity index (χ2v) is 7.66. The van der Waals surface area contributed by atoms with Crippen LogP contribution < -0.4 is 16.4 Å². The van der Waals surface area contributed by atoms with Gasteiger partial charge < -0.3 is 36.5 Å². The molecule has 3 unspecified atom stereocenters. The van der Waals surface area contributed by atoms with Crippen LogP contribution in [0.1, 0.15) is 18.4 Å². The van der Waals surface area contributed by atoms with Crippen LogP contribution in [-0.4, -0.2) is 81.6 Å². The molecule has 0 bridgehead atoms. The number of aliphatic hydroxyl groups excluding tert-OH is 1. The number of aliphatic hydroxyl groups is 1. The zero-order valence-electron chi connectivity index (χ0n) is 17.4. The highest BCUT2D eigenvalue weighted by Crippen LogP contribution is 2.20. The van der Waals surface area contributed by atoms with Gasteiger partial charge in [0.15, 0.2) is 0 Å². The lowest BCUT2D eigenvalue weighted by Gasteiger charge is -2.27. The minimum atomic E-state index is -1.33. The minimum Gasteiger partial charge on any atom is -0.480 e. The number of H-pyrrole nitrogens is 1. The minimum absolute atomic E-state index is 0.120. The van der Waals surface area contributed by atoms with Crippen LogP contribution in [0.15, 0.2) is 30.5 Å². The number of nitrogens with zero attached hydrogens (tertiary/aromatic N) is 1. The molecular formula is C21H27N5O6. The number of rotatable bonds is 9. The number of carbonyl (C=O) groups is 4. The molecule has 1 saturated heterocycles. The Balaban J connectivity index is 1.76. The summed E-state index contributed by atoms with van der Waals surface area (Å²) in [4.78, 5) is 53.3. The number of carbonyl (C=O) groups excluding carboxylic acids is 3. The molecule has 1 aromatic heterocycles. The summed E-state index contributed by atoms with van der Waals surface area (Å²) in [5.74, 6) is -3.05. The predicted molar refractivity (Wildman–Crippen MR) is 114 cm³/mol. The van der Waals surface area contributed by atoms with E-state index in [1.165, 1.54) is 0 Å². The first-order chi connectivity index (χ1) is 15.3. The summed E-state index contributed by atoms with van der Waals surface area (Å²) in [5, 5.41) is 24.9. The van der Waals surface area contributed by atoms with E-state index in [2.05, 4.69) is 15.6 Å². The van der Waals surface area contributed by atoms with E-state index >= 15 is 0 Å². The van der Waals surface area contributed by atoms with Gasteiger partial charge in [-0.05, 0) is 24.5 Å². The van der Waals surface area contributed by atoms with Gasteiger partial charge in [-0.2, -0.15) is 0 Å². The van der Waals surface area contributed by atoms with Crippen molar-refractivity contribution in [2.45, 2.75) is 37.4 Å². The molecule has 3 atom stereocenters. The Labute approximate surface area is 183 Å². The van der Waals surface area contributed by atoms with Crippen molar-refractivity contribution in [3.63, 3.8) is 0 Å². The standard InChI is InChI=1S/C21H27N5O6/c22-9-18(28)24-15(8-12-10-23-14-5-2-1-4-13(12)14)19(29)25-16(11-27)20(30)26-7-3-6-17(26)21(31)32/h1-2,4-5,10,15-17,23,27H,3,6-9,11,22H2,(H,24,28)(H,25,29)(H,31,32). The van der Waals surface area contributed by atoms with Crippen molar-refractivity contribution in [1.29, 1.82) is 0 Å². The Kier molecular flexibility index (Phi) is 7.44. The van der Waals surface area contributed by atoms with Gasteiger partial charge >= 0.3 is 5.97 Å². The number of aromatic nitrogens is 1. The van der Waals surface area contributed by atoms with E-state index in [1.807, 2.05) is 24.3 Å². The van der Waals surface area contributed by atoms with Crippen LogP contribution in [0.25, 0.3) is 10.9 Å². The zero-order chi connectivity index (χ0) is 23.3. The van der Waals surface area contributed by atoms with Gasteiger partial charge in [-0.3, -0.25) is 14.4 Å². The molecule has 2 heterocycles. The largest absolute Gasteiger partial charge is 0.480 e. The smallest absolute Gasteiger partial charge is 0.326 e. The first-order valence-electron chi connectivity index (χ1n) is 10.3. The fourth-order valence-corrected chi connectivity index (χ4v) is 3.93. The zero-order valence-corrected chi connectivity index (χ0v) is 17.4. The summed E-state index contributed by atoms with van der Waals surface area (Å²) in [6.45, 7) is -0.809. The molecular weight excluding hydrogens is 418 g/mol. The van der Waals surface area contributed by atoms with E-state index < -0.39 is 48.4 Å². The molecule has 3 amide bonds. The van der Waals surface area contributed by atoms with Crippen molar-refractivity contribution in [1.82, 2.24) is 20.5 Å². The fraction of sp³-hybridized carbons (Fsp3) is 0.429. The molecule has 0 spiro atoms. The quantitative estimate of drug-likeness (QED) is 0.278. The third-order valence-corrected chi connectivity index (χ3v) is 5.55. The van der Waals surface area contributed by atoms with Gasteiger partial charge in [0, 0.05) is 30.1 Å². The number of hydrogen-bond acceptors (Lipinski definition) is 6. The number of hydrogen-bond donors (Lipinski definition) is 6. The van der Waals surface area contributed by atoms with Crippen LogP contribution in [-0.2, 0) is 25.6 Å². The number of benzene rings is 1. The second kappa shape index (κ2) is 10.2. The number of aromatic amines is 1. The van der Waals surface area contributed by atoms with Gasteiger partial charge in [-0.25, -0.2) is 4.79 Å². The summed E-state index contributed by atoms with van der Waals surface area (Å²) in [7, 11) is 0. The van der Waals surface area contributed by atoms with Crippen LogP contribution >= 0.6 is 0 Å². The van der Waals surface area contributed by atoms with Crippen molar-refractivity contribution < 1.29 is 29.4 Å². The van der Waals surface area contributed by atoms with Gasteiger partial charge in [0.25, 0.3) is 0 Å². The van der Waals surface area contributed by atoms with Crippen molar-refractivity contribution in [2.24, 2.45) is 5.73 Å². The second-order valence-electron chi connectivity index (χ2n) is 7.66. The van der Waals surface area contributed by atoms with Gasteiger partial charge in [0.1, 0.15) is 18.1 Å². The number of fused-ring (bicyclic) bond motifs is 1. The number of aliphatic carboxylic acids is 1. The van der Waals surface area contributed by atoms with E-state index in [1.54, 1.807) is 6.20 Å². The summed E-state index contributed by atoms with van der Waals surface area (Å²) >= 11 is 0. The summed E-state index contributed by atoms with van der Waals surface area (Å²) in [6, 6.07) is 4.09. The molecule has 1 aromatic carbocycles. The Morgan fingerprint density at radius 2 is 1.94 bits per heavy atom. The molecule has 11 nitrogen and oxygen atoms in total. The fourth-order valence-electron chi connectivity index (χ4n) is 3.93. The third kappa shape index (κ3) is 5.06. The monoisotopic (exact) mass is 445 g/mol. The third-order valence-electron chi connectivity index (χ3n) is 5.55. The first-order valence-corrected chi connectivity index (χ1v) is 10.3. The van der Waals surface area contributed by atoms with Crippen molar-refractivity contribution >= 4 is 34.6 Å². The van der Waals surface area contributed by atoms with E-state index in [9.17, 15) is 29.4 Å². The Hall–Kier alpha value is -3.44. The molecule has 11 heteroatoms. The average molecular weight is 445 g/mol. The normalized spacial score (nSPS) is 17.7. The highest BCUT2D eigenvalue weighted by atomic mass is 16.4. The molecule has 0 radical (unpaired) electrons. The van der Waals surface area contributed by atoms with E-state index in [-0.39, 0.29) is 19.5 Å². The summed E-state index contributed by atoms with van der Waals surface area (Å²) < 4.78 is 0. The van der Waals surface area contributed by atoms with Gasteiger partial charge in [0.05, 0.1) is 13.2 Å². The molecule has 32 heavy (non-hydrogen) atoms. The maximum atomic E-state index is 13.0. The maximum Gasteiger partial charge on any atom is 0.326 e. The highest BCUT2D eigenvalue weighted by molar-refractivity contribution is 5.94. The van der Waals surface area contributed by atoms with E-state index in [0.29, 0.717) is 12.8 Å². The molecule has 1 aliphatic heterocycles. The molecule has 2 aromatic rings. The van der Waals surface area contributed by atoms with Gasteiger partial charge in [-0.1, -0.05) is 18.2 Å². The summed E-state index contributed by atoms with van der Waals surface area (Å²) in [6.07, 6.45) is 2.68. The van der Waals surface area contributed by atoms with Crippen molar-refractivity contribution in [2.75, 3.05) is 19.7 Å². The van der Waals surface area contributed by atoms with Crippen LogP contribution in [0.5, 0.6) is 0 Å². The van der Waals surface area contributed by atoms with Crippen LogP contribution in [0.4, 0.5) is 0 Å². The van der Waals surface area contributed by atoms with Gasteiger partial charge in [-0.15, -0.1) is 0 Å². The first kappa shape index (κ1) is 23.2. The van der Waals surface area contributed by atoms with E-state index in [4.69, 9.17) is 5.73 Å². The SMILES string of the molecule is NCC(=O)NC(Cc1c[nH]c2ccccc12)C(=O)NC(CO)C(=O)N1CCCC1C(=O)O. The molecule has 3 rings (SSSR count). The number of likely N-dealkylation sites (tertiary alicyclic amines) is 1. The number of nitrogens with two attached hydrogens (primary N) is 1. The average Bonchev–Trinajstić information content (AvgIpc) is 3.44. The molecule has 0 saturated carbocycles. The van der Waals surface area contributed by atoms with Crippen LogP contribution in [0, 0.1) is 0 Å². The maximum absolute atomic E-state index is 13.0. The Bertz CT molecular complexity index is 1010. The lowest BCUT2D eigenvalue weighted by Crippen LogP contribution is -2.57. The molecule has 1 aliphatic rings. The van der Waals surface area contributed by atoms with Crippen molar-refractivity contribution in [3.05, 3.63) is 36.0 Å². The molecule has 0 aliphatic carbocycles. The number of carboxylic acid groups (broad SMARTS) is 1. The topological polar surface area (TPSA) is 178 Å². The van der Waals surface area contributed by atoms with E-state index in [0.717, 1.165) is 21.4 Å². The molecule has 1 fully saturated rings. The lowest BCUT2D eigenvalue weighted by molar-refractivity contribution is -0.150. The Morgan fingerprint density at radius 1 is 1.19 bits per heavy atom. The van der Waals surface area contributed by atoms with Gasteiger partial charge in [0.2, 0.25) is 17.7 Å². The summed E-state index contributed by atoms with van der Waals surface area (Å²) in [5.41, 5.74) is 7.02. The molecule has 172 valence electrons. The number of para-hydroxylation sites is 1. The van der Waals surface area contributed by atoms with Crippen molar-refractivity contribution in [3.8, 4) is 0 Å². The number of nitrogens with one attached hydrogen (secondary N) is 3. The Morgan fingerprint density at radius 3 is 2.62 bits per heavy atom.